The number of nitrogens with two attached hydrogens (primary N) is 1. The second kappa shape index (κ2) is 7.27. The summed E-state index contributed by atoms with van der Waals surface area (Å²) in [5, 5.41) is 6.55. The highest BCUT2D eigenvalue weighted by atomic mass is 32.1. The van der Waals surface area contributed by atoms with E-state index in [1.165, 1.54) is 0 Å². The summed E-state index contributed by atoms with van der Waals surface area (Å²) in [5.74, 6) is 0. The number of benzene rings is 1. The lowest BCUT2D eigenvalue weighted by Gasteiger charge is -2.03. The van der Waals surface area contributed by atoms with Gasteiger partial charge in [-0.2, -0.15) is 0 Å². The Bertz CT molecular complexity index is 463. The van der Waals surface area contributed by atoms with Gasteiger partial charge in [-0.05, 0) is 41.9 Å². The Morgan fingerprint density at radius 3 is 3.12 bits per heavy atom. The minimum atomic E-state index is 0.245. The van der Waals surface area contributed by atoms with Crippen molar-refractivity contribution >= 4 is 29.1 Å². The van der Waals surface area contributed by atoms with Gasteiger partial charge < -0.3 is 11.1 Å². The molecule has 0 bridgehead atoms. The van der Waals surface area contributed by atoms with Crippen LogP contribution < -0.4 is 11.1 Å². The largest absolute Gasteiger partial charge is 0.376 e. The summed E-state index contributed by atoms with van der Waals surface area (Å²) >= 11 is 4.76. The van der Waals surface area contributed by atoms with E-state index in [2.05, 4.69) is 15.3 Å². The number of hydrogen-bond donors (Lipinski definition) is 2. The number of nitrogens with zero attached hydrogens (tertiary/aromatic N) is 3. The lowest BCUT2D eigenvalue weighted by atomic mass is 10.2. The van der Waals surface area contributed by atoms with E-state index in [4.69, 9.17) is 23.5 Å². The molecular weight excluding hydrogens is 234 g/mol. The molecule has 5 nitrogen and oxygen atoms in total. The van der Waals surface area contributed by atoms with E-state index in [0.29, 0.717) is 6.54 Å². The van der Waals surface area contributed by atoms with Gasteiger partial charge in [0, 0.05) is 17.1 Å². The normalized spacial score (nSPS) is 9.88. The van der Waals surface area contributed by atoms with Crippen LogP contribution in [-0.4, -0.2) is 11.7 Å². The van der Waals surface area contributed by atoms with Gasteiger partial charge in [-0.3, -0.25) is 0 Å². The molecule has 0 unspecified atom stereocenters. The van der Waals surface area contributed by atoms with Crippen molar-refractivity contribution < 1.29 is 0 Å². The monoisotopic (exact) mass is 247 g/mol. The van der Waals surface area contributed by atoms with Gasteiger partial charge in [-0.1, -0.05) is 29.4 Å². The van der Waals surface area contributed by atoms with E-state index >= 15 is 0 Å². The molecule has 1 aromatic carbocycles. The maximum Gasteiger partial charge on any atom is 0.168 e. The minimum Gasteiger partial charge on any atom is -0.376 e. The molecule has 0 aliphatic carbocycles. The molecule has 88 valence electrons. The molecule has 0 aliphatic rings. The van der Waals surface area contributed by atoms with Crippen LogP contribution in [0.25, 0.3) is 16.5 Å². The first-order valence-electron chi connectivity index (χ1n) is 5.06. The molecule has 3 N–H and O–H groups in total. The third-order valence-electron chi connectivity index (χ3n) is 1.92. The van der Waals surface area contributed by atoms with Crippen LogP contribution >= 0.6 is 12.2 Å². The van der Waals surface area contributed by atoms with Crippen molar-refractivity contribution in [2.24, 2.45) is 10.8 Å². The van der Waals surface area contributed by atoms with Crippen LogP contribution in [0.3, 0.4) is 0 Å². The van der Waals surface area contributed by atoms with Crippen LogP contribution in [0.15, 0.2) is 35.5 Å². The maximum absolute atomic E-state index is 8.10. The lowest BCUT2D eigenvalue weighted by Crippen LogP contribution is -2.18. The summed E-state index contributed by atoms with van der Waals surface area (Å²) < 4.78 is 0. The van der Waals surface area contributed by atoms with Gasteiger partial charge >= 0.3 is 0 Å². The van der Waals surface area contributed by atoms with E-state index in [-0.39, 0.29) is 5.11 Å². The number of nitrogens with one attached hydrogen (secondary N) is 1. The zero-order valence-corrected chi connectivity index (χ0v) is 10.0. The Labute approximate surface area is 105 Å². The first kappa shape index (κ1) is 13.0. The predicted molar refractivity (Wildman–Crippen MR) is 74.5 cm³/mol. The Morgan fingerprint density at radius 1 is 1.59 bits per heavy atom. The third-order valence-corrected chi connectivity index (χ3v) is 2.03. The Kier molecular flexibility index (Phi) is 5.57. The second-order valence-electron chi connectivity index (χ2n) is 3.26. The van der Waals surface area contributed by atoms with Gasteiger partial charge in [0.2, 0.25) is 0 Å². The van der Waals surface area contributed by atoms with Crippen molar-refractivity contribution in [1.82, 2.24) is 0 Å². The van der Waals surface area contributed by atoms with E-state index in [0.717, 1.165) is 17.7 Å². The topological polar surface area (TPSA) is 86.8 Å². The molecule has 1 aromatic rings. The summed E-state index contributed by atoms with van der Waals surface area (Å²) in [6.07, 6.45) is 4.63. The first-order chi connectivity index (χ1) is 8.22. The minimum absolute atomic E-state index is 0.245. The lowest BCUT2D eigenvalue weighted by molar-refractivity contribution is 0.996. The zero-order valence-electron chi connectivity index (χ0n) is 9.21. The quantitative estimate of drug-likeness (QED) is 0.275. The Balaban J connectivity index is 2.58. The molecule has 0 amide bonds. The van der Waals surface area contributed by atoms with Gasteiger partial charge in [0.25, 0.3) is 0 Å². The summed E-state index contributed by atoms with van der Waals surface area (Å²) in [4.78, 5) is 2.68. The van der Waals surface area contributed by atoms with E-state index in [9.17, 15) is 0 Å². The van der Waals surface area contributed by atoms with Crippen molar-refractivity contribution in [2.45, 2.75) is 6.42 Å². The van der Waals surface area contributed by atoms with Crippen molar-refractivity contribution in [3.05, 3.63) is 46.3 Å². The molecule has 0 radical (unpaired) electrons. The first-order valence-corrected chi connectivity index (χ1v) is 5.47. The fraction of sp³-hybridized carbons (Fsp3) is 0.182. The van der Waals surface area contributed by atoms with Crippen LogP contribution in [-0.2, 0) is 0 Å². The van der Waals surface area contributed by atoms with Crippen LogP contribution in [0.2, 0.25) is 0 Å². The van der Waals surface area contributed by atoms with Crippen LogP contribution in [0.1, 0.15) is 12.0 Å². The molecule has 0 heterocycles. The average molecular weight is 247 g/mol. The van der Waals surface area contributed by atoms with Crippen molar-refractivity contribution in [3.63, 3.8) is 0 Å². The Morgan fingerprint density at radius 2 is 2.41 bits per heavy atom. The molecule has 1 rings (SSSR count). The van der Waals surface area contributed by atoms with E-state index in [1.807, 2.05) is 36.4 Å². The summed E-state index contributed by atoms with van der Waals surface area (Å²) in [6.45, 7) is 0.470. The standard InChI is InChI=1S/C11H13N5S/c12-11(17)15-10-6-3-5-9(8-10)4-1-2-7-14-16-13/h1,3-6,8H,2,7H2,(H3,12,15,17). The molecule has 0 saturated heterocycles. The van der Waals surface area contributed by atoms with Crippen LogP contribution in [0, 0.1) is 0 Å². The smallest absolute Gasteiger partial charge is 0.168 e. The highest BCUT2D eigenvalue weighted by Gasteiger charge is 1.93. The molecule has 17 heavy (non-hydrogen) atoms. The number of hydrogen-bond acceptors (Lipinski definition) is 2. The fourth-order valence-corrected chi connectivity index (χ4v) is 1.38. The summed E-state index contributed by atoms with van der Waals surface area (Å²) in [6, 6.07) is 7.70. The molecular formula is C11H13N5S. The Hall–Kier alpha value is -2.04. The molecule has 0 aromatic heterocycles. The molecule has 6 heteroatoms. The van der Waals surface area contributed by atoms with E-state index in [1.54, 1.807) is 0 Å². The average Bonchev–Trinajstić information content (AvgIpc) is 2.28. The number of azide groups is 1. The maximum atomic E-state index is 8.10. The van der Waals surface area contributed by atoms with Crippen LogP contribution in [0.5, 0.6) is 0 Å². The predicted octanol–water partition coefficient (Wildman–Crippen LogP) is 3.06. The number of rotatable bonds is 5. The SMILES string of the molecule is [N-]=[N+]=NCCC=Cc1cccc(NC(N)=S)c1. The zero-order chi connectivity index (χ0) is 12.5. The molecule has 0 aliphatic heterocycles. The summed E-state index contributed by atoms with van der Waals surface area (Å²) in [7, 11) is 0. The van der Waals surface area contributed by atoms with E-state index < -0.39 is 0 Å². The van der Waals surface area contributed by atoms with Crippen molar-refractivity contribution in [3.8, 4) is 0 Å². The molecule has 0 atom stereocenters. The van der Waals surface area contributed by atoms with Gasteiger partial charge in [0.05, 0.1) is 0 Å². The number of thiocarbonyl (C=S) groups is 1. The van der Waals surface area contributed by atoms with Gasteiger partial charge in [-0.15, -0.1) is 0 Å². The van der Waals surface area contributed by atoms with Crippen LogP contribution in [0.4, 0.5) is 5.69 Å². The highest BCUT2D eigenvalue weighted by Crippen LogP contribution is 2.12. The summed E-state index contributed by atoms with van der Waals surface area (Å²) in [5.41, 5.74) is 15.4. The number of anilines is 1. The third kappa shape index (κ3) is 5.55. The highest BCUT2D eigenvalue weighted by molar-refractivity contribution is 7.80. The fourth-order valence-electron chi connectivity index (χ4n) is 1.26. The van der Waals surface area contributed by atoms with Gasteiger partial charge in [0.15, 0.2) is 5.11 Å². The van der Waals surface area contributed by atoms with Crippen molar-refractivity contribution in [1.29, 1.82) is 0 Å². The molecule has 0 fully saturated rings. The van der Waals surface area contributed by atoms with Crippen molar-refractivity contribution in [2.75, 3.05) is 11.9 Å². The second-order valence-corrected chi connectivity index (χ2v) is 3.70. The molecule has 0 saturated carbocycles. The van der Waals surface area contributed by atoms with Gasteiger partial charge in [0.1, 0.15) is 0 Å². The van der Waals surface area contributed by atoms with Gasteiger partial charge in [-0.25, -0.2) is 0 Å². The molecule has 0 spiro atoms.